The van der Waals surface area contributed by atoms with Crippen molar-refractivity contribution >= 4 is 5.91 Å². The van der Waals surface area contributed by atoms with E-state index in [1.165, 1.54) is 0 Å². The van der Waals surface area contributed by atoms with Crippen molar-refractivity contribution in [1.82, 2.24) is 5.32 Å². The minimum Gasteiger partial charge on any atom is -0.351 e. The molecule has 0 radical (unpaired) electrons. The summed E-state index contributed by atoms with van der Waals surface area (Å²) in [6, 6.07) is 7.63. The van der Waals surface area contributed by atoms with Crippen LogP contribution in [0.15, 0.2) is 24.3 Å². The Bertz CT molecular complexity index is 397. The quantitative estimate of drug-likeness (QED) is 0.804. The van der Waals surface area contributed by atoms with Gasteiger partial charge in [0.25, 0.3) is 5.91 Å². The van der Waals surface area contributed by atoms with Gasteiger partial charge in [-0.1, -0.05) is 17.7 Å². The van der Waals surface area contributed by atoms with E-state index in [0.717, 1.165) is 24.0 Å². The molecule has 0 aromatic heterocycles. The molecule has 1 amide bonds. The van der Waals surface area contributed by atoms with Crippen LogP contribution >= 0.6 is 0 Å². The molecule has 1 fully saturated rings. The molecule has 0 atom stereocenters. The smallest absolute Gasteiger partial charge is 0.251 e. The fourth-order valence-corrected chi connectivity index (χ4v) is 1.79. The largest absolute Gasteiger partial charge is 0.351 e. The lowest BCUT2D eigenvalue weighted by atomic mass is 10.1. The zero-order chi connectivity index (χ0) is 11.6. The maximum atomic E-state index is 11.8. The molecule has 0 saturated heterocycles. The molecule has 3 heteroatoms. The second-order valence-electron chi connectivity index (χ2n) is 4.76. The van der Waals surface area contributed by atoms with E-state index in [-0.39, 0.29) is 11.3 Å². The summed E-state index contributed by atoms with van der Waals surface area (Å²) in [5, 5.41) is 2.96. The van der Waals surface area contributed by atoms with Gasteiger partial charge in [-0.15, -0.1) is 0 Å². The zero-order valence-corrected chi connectivity index (χ0v) is 9.62. The number of hydrogen-bond acceptors (Lipinski definition) is 2. The Morgan fingerprint density at radius 3 is 2.81 bits per heavy atom. The van der Waals surface area contributed by atoms with Gasteiger partial charge < -0.3 is 11.1 Å². The second-order valence-corrected chi connectivity index (χ2v) is 4.76. The predicted molar refractivity (Wildman–Crippen MR) is 64.2 cm³/mol. The first-order chi connectivity index (χ1) is 7.65. The first-order valence-corrected chi connectivity index (χ1v) is 5.70. The standard InChI is InChI=1S/C13H18N2O/c1-10-3-2-4-11(7-10)12(16)15-9-13(8-14)5-6-13/h2-4,7H,5-6,8-9,14H2,1H3,(H,15,16). The Hall–Kier alpha value is -1.35. The zero-order valence-electron chi connectivity index (χ0n) is 9.62. The molecule has 2 rings (SSSR count). The van der Waals surface area contributed by atoms with E-state index >= 15 is 0 Å². The highest BCUT2D eigenvalue weighted by molar-refractivity contribution is 5.94. The van der Waals surface area contributed by atoms with E-state index in [9.17, 15) is 4.79 Å². The third-order valence-corrected chi connectivity index (χ3v) is 3.29. The molecule has 0 bridgehead atoms. The lowest BCUT2D eigenvalue weighted by molar-refractivity contribution is 0.0945. The maximum absolute atomic E-state index is 11.8. The van der Waals surface area contributed by atoms with Crippen LogP contribution in [0.5, 0.6) is 0 Å². The normalized spacial score (nSPS) is 16.9. The number of carbonyl (C=O) groups is 1. The first-order valence-electron chi connectivity index (χ1n) is 5.70. The lowest BCUT2D eigenvalue weighted by Crippen LogP contribution is -2.33. The minimum atomic E-state index is 0.00317. The van der Waals surface area contributed by atoms with Gasteiger partial charge in [-0.3, -0.25) is 4.79 Å². The monoisotopic (exact) mass is 218 g/mol. The predicted octanol–water partition coefficient (Wildman–Crippen LogP) is 1.46. The number of aryl methyl sites for hydroxylation is 1. The summed E-state index contributed by atoms with van der Waals surface area (Å²) >= 11 is 0. The summed E-state index contributed by atoms with van der Waals surface area (Å²) in [6.45, 7) is 3.36. The van der Waals surface area contributed by atoms with Crippen LogP contribution in [0, 0.1) is 12.3 Å². The molecule has 1 saturated carbocycles. The summed E-state index contributed by atoms with van der Waals surface area (Å²) in [7, 11) is 0. The fourth-order valence-electron chi connectivity index (χ4n) is 1.79. The van der Waals surface area contributed by atoms with Crippen molar-refractivity contribution in [3.63, 3.8) is 0 Å². The van der Waals surface area contributed by atoms with E-state index in [2.05, 4.69) is 5.32 Å². The van der Waals surface area contributed by atoms with Crippen LogP contribution in [0.25, 0.3) is 0 Å². The minimum absolute atomic E-state index is 0.00317. The topological polar surface area (TPSA) is 55.1 Å². The van der Waals surface area contributed by atoms with Gasteiger partial charge in [-0.2, -0.15) is 0 Å². The van der Waals surface area contributed by atoms with Crippen molar-refractivity contribution in [3.8, 4) is 0 Å². The van der Waals surface area contributed by atoms with E-state index in [4.69, 9.17) is 5.73 Å². The molecule has 0 aliphatic heterocycles. The number of hydrogen-bond donors (Lipinski definition) is 2. The van der Waals surface area contributed by atoms with Crippen molar-refractivity contribution in [2.24, 2.45) is 11.1 Å². The van der Waals surface area contributed by atoms with E-state index in [1.807, 2.05) is 31.2 Å². The Morgan fingerprint density at radius 2 is 2.25 bits per heavy atom. The molecule has 16 heavy (non-hydrogen) atoms. The van der Waals surface area contributed by atoms with Gasteiger partial charge in [-0.25, -0.2) is 0 Å². The van der Waals surface area contributed by atoms with Crippen molar-refractivity contribution in [2.45, 2.75) is 19.8 Å². The summed E-state index contributed by atoms with van der Waals surface area (Å²) < 4.78 is 0. The van der Waals surface area contributed by atoms with Gasteiger partial charge in [-0.05, 0) is 38.4 Å². The maximum Gasteiger partial charge on any atom is 0.251 e. The Kier molecular flexibility index (Phi) is 2.97. The van der Waals surface area contributed by atoms with Crippen LogP contribution in [0.3, 0.4) is 0 Å². The number of nitrogens with two attached hydrogens (primary N) is 1. The highest BCUT2D eigenvalue weighted by atomic mass is 16.1. The number of amides is 1. The van der Waals surface area contributed by atoms with Crippen molar-refractivity contribution in [3.05, 3.63) is 35.4 Å². The van der Waals surface area contributed by atoms with Crippen molar-refractivity contribution in [2.75, 3.05) is 13.1 Å². The van der Waals surface area contributed by atoms with Gasteiger partial charge in [0, 0.05) is 17.5 Å². The summed E-state index contributed by atoms with van der Waals surface area (Å²) in [5.74, 6) is 0.00317. The average molecular weight is 218 g/mol. The number of nitrogens with one attached hydrogen (secondary N) is 1. The molecule has 1 aliphatic carbocycles. The highest BCUT2D eigenvalue weighted by Gasteiger charge is 2.41. The van der Waals surface area contributed by atoms with E-state index < -0.39 is 0 Å². The molecule has 1 aliphatic rings. The highest BCUT2D eigenvalue weighted by Crippen LogP contribution is 2.43. The fraction of sp³-hybridized carbons (Fsp3) is 0.462. The van der Waals surface area contributed by atoms with Crippen LogP contribution < -0.4 is 11.1 Å². The van der Waals surface area contributed by atoms with Gasteiger partial charge in [0.1, 0.15) is 0 Å². The Morgan fingerprint density at radius 1 is 1.50 bits per heavy atom. The van der Waals surface area contributed by atoms with Gasteiger partial charge >= 0.3 is 0 Å². The second kappa shape index (κ2) is 4.26. The average Bonchev–Trinajstić information content (AvgIpc) is 3.07. The van der Waals surface area contributed by atoms with Crippen LogP contribution in [-0.4, -0.2) is 19.0 Å². The number of benzene rings is 1. The van der Waals surface area contributed by atoms with Gasteiger partial charge in [0.2, 0.25) is 0 Å². The molecule has 1 aromatic carbocycles. The third kappa shape index (κ3) is 2.42. The molecular formula is C13H18N2O. The van der Waals surface area contributed by atoms with Crippen LogP contribution in [-0.2, 0) is 0 Å². The molecule has 86 valence electrons. The molecule has 0 unspecified atom stereocenters. The number of carbonyl (C=O) groups excluding carboxylic acids is 1. The Labute approximate surface area is 96.0 Å². The Balaban J connectivity index is 1.93. The summed E-state index contributed by atoms with van der Waals surface area (Å²) in [4.78, 5) is 11.8. The van der Waals surface area contributed by atoms with Crippen LogP contribution in [0.1, 0.15) is 28.8 Å². The summed E-state index contributed by atoms with van der Waals surface area (Å²) in [5.41, 5.74) is 7.69. The molecule has 3 N–H and O–H groups in total. The molecule has 3 nitrogen and oxygen atoms in total. The van der Waals surface area contributed by atoms with E-state index in [1.54, 1.807) is 0 Å². The van der Waals surface area contributed by atoms with Gasteiger partial charge in [0.15, 0.2) is 0 Å². The van der Waals surface area contributed by atoms with Crippen molar-refractivity contribution in [1.29, 1.82) is 0 Å². The lowest BCUT2D eigenvalue weighted by Gasteiger charge is -2.13. The van der Waals surface area contributed by atoms with Crippen LogP contribution in [0.4, 0.5) is 0 Å². The third-order valence-electron chi connectivity index (χ3n) is 3.29. The molecular weight excluding hydrogens is 200 g/mol. The van der Waals surface area contributed by atoms with Crippen molar-refractivity contribution < 1.29 is 4.79 Å². The SMILES string of the molecule is Cc1cccc(C(=O)NCC2(CN)CC2)c1. The van der Waals surface area contributed by atoms with E-state index in [0.29, 0.717) is 13.1 Å². The number of rotatable bonds is 4. The molecule has 0 spiro atoms. The molecule has 1 aromatic rings. The molecule has 0 heterocycles. The van der Waals surface area contributed by atoms with Gasteiger partial charge in [0.05, 0.1) is 0 Å². The summed E-state index contributed by atoms with van der Waals surface area (Å²) in [6.07, 6.45) is 2.27. The first kappa shape index (κ1) is 11.1. The van der Waals surface area contributed by atoms with Crippen LogP contribution in [0.2, 0.25) is 0 Å².